The molecule has 0 aliphatic rings. The second kappa shape index (κ2) is 12.0. The lowest BCUT2D eigenvalue weighted by molar-refractivity contribution is 1.55. The third kappa shape index (κ3) is 4.85. The van der Waals surface area contributed by atoms with Crippen LogP contribution < -0.4 is 0 Å². The van der Waals surface area contributed by atoms with Crippen LogP contribution in [0.2, 0.25) is 0 Å². The minimum Gasteiger partial charge on any atom is -0.0877 e. The van der Waals surface area contributed by atoms with Gasteiger partial charge in [0.25, 0.3) is 0 Å². The molecule has 0 saturated heterocycles. The summed E-state index contributed by atoms with van der Waals surface area (Å²) < 4.78 is 0. The quantitative estimate of drug-likeness (QED) is 0.140. The highest BCUT2D eigenvalue weighted by atomic mass is 14.3. The molecule has 0 saturated carbocycles. The maximum Gasteiger partial charge on any atom is -0.000161 e. The van der Waals surface area contributed by atoms with Crippen LogP contribution >= 0.6 is 0 Å². The maximum atomic E-state index is 2.38. The van der Waals surface area contributed by atoms with Crippen molar-refractivity contribution < 1.29 is 0 Å². The molecule has 0 bridgehead atoms. The Hall–Kier alpha value is -5.46. The summed E-state index contributed by atoms with van der Waals surface area (Å²) >= 11 is 0. The first kappa shape index (κ1) is 27.4. The van der Waals surface area contributed by atoms with Crippen LogP contribution in [0.5, 0.6) is 0 Å². The number of fused-ring (bicyclic) bond motifs is 3. The molecular formula is C44H34. The molecule has 0 unspecified atom stereocenters. The molecule has 0 spiro atoms. The van der Waals surface area contributed by atoms with Crippen molar-refractivity contribution in [3.63, 3.8) is 0 Å². The van der Waals surface area contributed by atoms with E-state index in [0.717, 1.165) is 0 Å². The van der Waals surface area contributed by atoms with E-state index >= 15 is 0 Å². The molecule has 0 aliphatic carbocycles. The van der Waals surface area contributed by atoms with Crippen LogP contribution in [-0.2, 0) is 0 Å². The van der Waals surface area contributed by atoms with E-state index in [9.17, 15) is 0 Å². The molecular weight excluding hydrogens is 528 g/mol. The zero-order valence-electron chi connectivity index (χ0n) is 25.2. The molecule has 0 N–H and O–H groups in total. The van der Waals surface area contributed by atoms with Crippen LogP contribution in [0.1, 0.15) is 19.4 Å². The lowest BCUT2D eigenvalue weighted by Crippen LogP contribution is -1.97. The van der Waals surface area contributed by atoms with E-state index in [1.165, 1.54) is 76.8 Å². The van der Waals surface area contributed by atoms with E-state index in [2.05, 4.69) is 184 Å². The number of rotatable bonds is 6. The van der Waals surface area contributed by atoms with Gasteiger partial charge in [-0.1, -0.05) is 175 Å². The molecule has 0 fully saturated rings. The number of hydrogen-bond donors (Lipinski definition) is 0. The smallest absolute Gasteiger partial charge is 0.000161 e. The molecule has 0 heteroatoms. The molecule has 0 nitrogen and oxygen atoms in total. The van der Waals surface area contributed by atoms with Gasteiger partial charge in [-0.05, 0) is 85.1 Å². The fraction of sp³-hybridized carbons (Fsp3) is 0.0455. The van der Waals surface area contributed by atoms with E-state index < -0.39 is 0 Å². The van der Waals surface area contributed by atoms with Crippen LogP contribution in [0.3, 0.4) is 0 Å². The van der Waals surface area contributed by atoms with E-state index in [4.69, 9.17) is 0 Å². The first-order valence-electron chi connectivity index (χ1n) is 15.3. The average Bonchev–Trinajstić information content (AvgIpc) is 3.08. The Bertz CT molecular complexity index is 2150. The zero-order valence-corrected chi connectivity index (χ0v) is 25.2. The van der Waals surface area contributed by atoms with Crippen molar-refractivity contribution in [1.82, 2.24) is 0 Å². The standard InChI is InChI=1S/C44H34/c1-3-4-8-19-31(2)30-39-35-26-15-16-27-36(35)41(33-22-11-6-12-23-33)44-42(34-24-13-7-14-25-34)38-29-18-17-28-37(38)40(43(39)44)32-20-9-5-10-21-32/h3-30H,1-2H3/b4-3-,19-8-,31-30?. The molecule has 0 aliphatic heterocycles. The average molecular weight is 563 g/mol. The summed E-state index contributed by atoms with van der Waals surface area (Å²) in [5.41, 5.74) is 9.94. The van der Waals surface area contributed by atoms with E-state index in [-0.39, 0.29) is 0 Å². The largest absolute Gasteiger partial charge is 0.0877 e. The van der Waals surface area contributed by atoms with Gasteiger partial charge >= 0.3 is 0 Å². The Morgan fingerprint density at radius 2 is 0.818 bits per heavy atom. The zero-order chi connectivity index (χ0) is 29.9. The Balaban J connectivity index is 1.83. The first-order valence-corrected chi connectivity index (χ1v) is 15.3. The minimum absolute atomic E-state index is 1.20. The third-order valence-electron chi connectivity index (χ3n) is 8.44. The van der Waals surface area contributed by atoms with Crippen molar-refractivity contribution in [3.05, 3.63) is 175 Å². The highest BCUT2D eigenvalue weighted by molar-refractivity contribution is 6.31. The van der Waals surface area contributed by atoms with Crippen LogP contribution in [0.25, 0.3) is 71.8 Å². The highest BCUT2D eigenvalue weighted by Gasteiger charge is 2.24. The minimum atomic E-state index is 1.20. The van der Waals surface area contributed by atoms with Gasteiger partial charge in [0.15, 0.2) is 0 Å². The molecule has 44 heavy (non-hydrogen) atoms. The molecule has 0 aromatic heterocycles. The molecule has 7 aromatic rings. The molecule has 7 rings (SSSR count). The van der Waals surface area contributed by atoms with Crippen molar-refractivity contribution in [2.24, 2.45) is 0 Å². The normalized spacial score (nSPS) is 12.3. The highest BCUT2D eigenvalue weighted by Crippen LogP contribution is 2.51. The summed E-state index contributed by atoms with van der Waals surface area (Å²) in [5, 5.41) is 7.60. The van der Waals surface area contributed by atoms with Gasteiger partial charge in [0.05, 0.1) is 0 Å². The van der Waals surface area contributed by atoms with Gasteiger partial charge < -0.3 is 0 Å². The fourth-order valence-electron chi connectivity index (χ4n) is 6.62. The van der Waals surface area contributed by atoms with Crippen LogP contribution in [0.4, 0.5) is 0 Å². The number of benzene rings is 7. The van der Waals surface area contributed by atoms with Gasteiger partial charge in [-0.15, -0.1) is 0 Å². The Labute approximate surface area is 259 Å². The van der Waals surface area contributed by atoms with Gasteiger partial charge in [0.2, 0.25) is 0 Å². The second-order valence-electron chi connectivity index (χ2n) is 11.3. The van der Waals surface area contributed by atoms with Gasteiger partial charge in [-0.25, -0.2) is 0 Å². The van der Waals surface area contributed by atoms with Gasteiger partial charge in [-0.2, -0.15) is 0 Å². The van der Waals surface area contributed by atoms with E-state index in [1.807, 2.05) is 0 Å². The summed E-state index contributed by atoms with van der Waals surface area (Å²) in [7, 11) is 0. The molecule has 210 valence electrons. The maximum absolute atomic E-state index is 2.38. The van der Waals surface area contributed by atoms with Crippen LogP contribution in [-0.4, -0.2) is 0 Å². The molecule has 0 amide bonds. The summed E-state index contributed by atoms with van der Waals surface area (Å²) in [4.78, 5) is 0. The molecule has 0 atom stereocenters. The van der Waals surface area contributed by atoms with Crippen LogP contribution in [0.15, 0.2) is 169 Å². The molecule has 7 aromatic carbocycles. The second-order valence-corrected chi connectivity index (χ2v) is 11.3. The monoisotopic (exact) mass is 562 g/mol. The summed E-state index contributed by atoms with van der Waals surface area (Å²) in [6.07, 6.45) is 10.9. The van der Waals surface area contributed by atoms with E-state index in [0.29, 0.717) is 0 Å². The van der Waals surface area contributed by atoms with Crippen molar-refractivity contribution in [2.75, 3.05) is 0 Å². The van der Waals surface area contributed by atoms with Crippen molar-refractivity contribution in [1.29, 1.82) is 0 Å². The van der Waals surface area contributed by atoms with E-state index in [1.54, 1.807) is 0 Å². The SMILES string of the molecule is C/C=C\C=C/C(C)=Cc1c2ccccc2c(-c2ccccc2)c2c(-c3ccccc3)c3ccccc3c(-c3ccccc3)c12. The predicted molar refractivity (Wildman–Crippen MR) is 193 cm³/mol. The van der Waals surface area contributed by atoms with Gasteiger partial charge in [0.1, 0.15) is 0 Å². The van der Waals surface area contributed by atoms with Crippen molar-refractivity contribution in [3.8, 4) is 33.4 Å². The van der Waals surface area contributed by atoms with Crippen LogP contribution in [0, 0.1) is 0 Å². The van der Waals surface area contributed by atoms with Crippen molar-refractivity contribution in [2.45, 2.75) is 13.8 Å². The molecule has 0 heterocycles. The summed E-state index contributed by atoms with van der Waals surface area (Å²) in [6, 6.07) is 50.7. The lowest BCUT2D eigenvalue weighted by atomic mass is 9.78. The third-order valence-corrected chi connectivity index (χ3v) is 8.44. The Kier molecular flexibility index (Phi) is 7.49. The fourth-order valence-corrected chi connectivity index (χ4v) is 6.62. The molecule has 0 radical (unpaired) electrons. The lowest BCUT2D eigenvalue weighted by Gasteiger charge is -2.24. The number of allylic oxidation sites excluding steroid dienone is 5. The Morgan fingerprint density at radius 3 is 1.27 bits per heavy atom. The first-order chi connectivity index (χ1) is 21.8. The number of hydrogen-bond acceptors (Lipinski definition) is 0. The Morgan fingerprint density at radius 1 is 0.432 bits per heavy atom. The van der Waals surface area contributed by atoms with Gasteiger partial charge in [0, 0.05) is 0 Å². The predicted octanol–water partition coefficient (Wildman–Crippen LogP) is 12.7. The summed E-state index contributed by atoms with van der Waals surface area (Å²) in [6.45, 7) is 4.25. The van der Waals surface area contributed by atoms with Crippen molar-refractivity contribution >= 4 is 38.4 Å². The topological polar surface area (TPSA) is 0 Å². The summed E-state index contributed by atoms with van der Waals surface area (Å²) in [5.74, 6) is 0. The van der Waals surface area contributed by atoms with Gasteiger partial charge in [-0.3, -0.25) is 0 Å².